The smallest absolute Gasteiger partial charge is 0.163 e. The molecule has 0 amide bonds. The second kappa shape index (κ2) is 6.26. The summed E-state index contributed by atoms with van der Waals surface area (Å²) in [5.74, 6) is 0. The second-order valence-corrected chi connectivity index (χ2v) is 0.766. The first kappa shape index (κ1) is 10.3. The zero-order valence-electron chi connectivity index (χ0n) is 3.72. The maximum atomic E-state index is 7.92. The molecule has 0 aromatic carbocycles. The van der Waals surface area contributed by atoms with Crippen LogP contribution in [0.5, 0.6) is 0 Å². The molecule has 4 heteroatoms. The Hall–Kier alpha value is -0.740. The third-order valence-corrected chi connectivity index (χ3v) is 0.370. The summed E-state index contributed by atoms with van der Waals surface area (Å²) in [6, 6.07) is 2.90. The van der Waals surface area contributed by atoms with Crippen LogP contribution in [0.1, 0.15) is 0 Å². The summed E-state index contributed by atoms with van der Waals surface area (Å²) in [6.45, 7) is 0. The van der Waals surface area contributed by atoms with Gasteiger partial charge in [-0.2, -0.15) is 10.5 Å². The molecule has 0 heterocycles. The van der Waals surface area contributed by atoms with Gasteiger partial charge in [-0.3, -0.25) is 0 Å². The molecular formula is C4H2AgN2O. The Bertz CT molecular complexity index is 146. The third-order valence-electron chi connectivity index (χ3n) is 0.370. The molecule has 0 saturated carbocycles. The van der Waals surface area contributed by atoms with Crippen LogP contribution in [0.2, 0.25) is 0 Å². The molecular weight excluding hydrogens is 200 g/mol. The Morgan fingerprint density at radius 2 is 1.75 bits per heavy atom. The van der Waals surface area contributed by atoms with Crippen LogP contribution in [-0.4, -0.2) is 5.11 Å². The van der Waals surface area contributed by atoms with Crippen LogP contribution >= 0.6 is 0 Å². The van der Waals surface area contributed by atoms with Gasteiger partial charge in [0.1, 0.15) is 18.4 Å². The van der Waals surface area contributed by atoms with Crippen molar-refractivity contribution in [3.05, 3.63) is 11.8 Å². The normalized spacial score (nSPS) is 4.75. The van der Waals surface area contributed by atoms with Gasteiger partial charge in [-0.1, -0.05) is 0 Å². The van der Waals surface area contributed by atoms with Crippen molar-refractivity contribution < 1.29 is 27.5 Å². The minimum atomic E-state index is -0.278. The number of aliphatic hydroxyl groups is 1. The standard InChI is InChI=1S/C4H2N2O.Ag/c5-1-4(2-6)3-7;/h3,7H;. The SMILES string of the molecule is N#CC(C#N)=CO.[Ag]. The van der Waals surface area contributed by atoms with Crippen LogP contribution in [0.3, 0.4) is 0 Å². The van der Waals surface area contributed by atoms with Crippen molar-refractivity contribution in [1.82, 2.24) is 0 Å². The Balaban J connectivity index is 0. The van der Waals surface area contributed by atoms with Gasteiger partial charge in [0.2, 0.25) is 0 Å². The van der Waals surface area contributed by atoms with Crippen LogP contribution < -0.4 is 0 Å². The number of hydrogen-bond acceptors (Lipinski definition) is 3. The van der Waals surface area contributed by atoms with E-state index in [0.717, 1.165) is 0 Å². The Morgan fingerprint density at radius 1 is 1.38 bits per heavy atom. The quantitative estimate of drug-likeness (QED) is 0.352. The maximum absolute atomic E-state index is 7.92. The van der Waals surface area contributed by atoms with Crippen LogP contribution in [0.4, 0.5) is 0 Å². The summed E-state index contributed by atoms with van der Waals surface area (Å²) in [5, 5.41) is 23.6. The molecule has 0 rings (SSSR count). The molecule has 45 valence electrons. The average molecular weight is 202 g/mol. The van der Waals surface area contributed by atoms with E-state index in [9.17, 15) is 0 Å². The van der Waals surface area contributed by atoms with E-state index in [1.807, 2.05) is 0 Å². The van der Waals surface area contributed by atoms with E-state index in [0.29, 0.717) is 6.26 Å². The maximum Gasteiger partial charge on any atom is 0.163 e. The molecule has 0 aliphatic carbocycles. The zero-order valence-corrected chi connectivity index (χ0v) is 5.20. The molecule has 0 bridgehead atoms. The predicted octanol–water partition coefficient (Wildman–Crippen LogP) is 0.473. The molecule has 0 aromatic rings. The third kappa shape index (κ3) is 3.45. The van der Waals surface area contributed by atoms with Crippen LogP contribution in [-0.2, 0) is 22.4 Å². The van der Waals surface area contributed by atoms with Gasteiger partial charge in [0.05, 0.1) is 0 Å². The van der Waals surface area contributed by atoms with Crippen LogP contribution in [0.25, 0.3) is 0 Å². The number of nitriles is 2. The van der Waals surface area contributed by atoms with Crippen molar-refractivity contribution in [2.45, 2.75) is 0 Å². The fourth-order valence-electron chi connectivity index (χ4n) is 0.0827. The Labute approximate surface area is 62.4 Å². The van der Waals surface area contributed by atoms with Gasteiger partial charge in [-0.15, -0.1) is 0 Å². The van der Waals surface area contributed by atoms with E-state index < -0.39 is 0 Å². The van der Waals surface area contributed by atoms with Gasteiger partial charge in [0.25, 0.3) is 0 Å². The minimum absolute atomic E-state index is 0. The van der Waals surface area contributed by atoms with E-state index in [-0.39, 0.29) is 28.0 Å². The fourth-order valence-corrected chi connectivity index (χ4v) is 0.0827. The monoisotopic (exact) mass is 201 g/mol. The Kier molecular flexibility index (Phi) is 8.05. The summed E-state index contributed by atoms with van der Waals surface area (Å²) in [7, 11) is 0. The van der Waals surface area contributed by atoms with E-state index >= 15 is 0 Å². The first-order chi connectivity index (χ1) is 3.35. The number of hydrogen-bond donors (Lipinski definition) is 1. The summed E-state index contributed by atoms with van der Waals surface area (Å²) < 4.78 is 0. The van der Waals surface area contributed by atoms with Crippen molar-refractivity contribution >= 4 is 0 Å². The van der Waals surface area contributed by atoms with Crippen LogP contribution in [0, 0.1) is 22.7 Å². The number of allylic oxidation sites excluding steroid dienone is 1. The van der Waals surface area contributed by atoms with Crippen molar-refractivity contribution in [3.63, 3.8) is 0 Å². The van der Waals surface area contributed by atoms with Crippen molar-refractivity contribution in [1.29, 1.82) is 10.5 Å². The molecule has 0 saturated heterocycles. The van der Waals surface area contributed by atoms with Gasteiger partial charge in [-0.05, 0) is 0 Å². The largest absolute Gasteiger partial charge is 0.513 e. The fraction of sp³-hybridized carbons (Fsp3) is 0. The topological polar surface area (TPSA) is 67.8 Å². The van der Waals surface area contributed by atoms with Gasteiger partial charge in [-0.25, -0.2) is 0 Å². The second-order valence-electron chi connectivity index (χ2n) is 0.766. The van der Waals surface area contributed by atoms with E-state index in [1.165, 1.54) is 12.1 Å². The number of nitrogens with zero attached hydrogens (tertiary/aromatic N) is 2. The molecule has 0 atom stereocenters. The van der Waals surface area contributed by atoms with Crippen LogP contribution in [0.15, 0.2) is 11.8 Å². The van der Waals surface area contributed by atoms with E-state index in [2.05, 4.69) is 0 Å². The molecule has 0 aliphatic heterocycles. The predicted molar refractivity (Wildman–Crippen MR) is 21.9 cm³/mol. The first-order valence-electron chi connectivity index (χ1n) is 1.49. The first-order valence-corrected chi connectivity index (χ1v) is 1.49. The van der Waals surface area contributed by atoms with Gasteiger partial charge in [0.15, 0.2) is 5.57 Å². The van der Waals surface area contributed by atoms with Gasteiger partial charge in [0, 0.05) is 22.4 Å². The summed E-state index contributed by atoms with van der Waals surface area (Å²) >= 11 is 0. The summed E-state index contributed by atoms with van der Waals surface area (Å²) in [4.78, 5) is 0. The molecule has 1 N–H and O–H groups in total. The average Bonchev–Trinajstić information content (AvgIpc) is 1.72. The van der Waals surface area contributed by atoms with Gasteiger partial charge < -0.3 is 5.11 Å². The molecule has 8 heavy (non-hydrogen) atoms. The zero-order chi connectivity index (χ0) is 5.70. The molecule has 3 nitrogen and oxygen atoms in total. The molecule has 1 radical (unpaired) electrons. The van der Waals surface area contributed by atoms with E-state index in [4.69, 9.17) is 15.6 Å². The van der Waals surface area contributed by atoms with Gasteiger partial charge >= 0.3 is 0 Å². The Morgan fingerprint density at radius 3 is 1.75 bits per heavy atom. The van der Waals surface area contributed by atoms with Crippen molar-refractivity contribution in [2.75, 3.05) is 0 Å². The summed E-state index contributed by atoms with van der Waals surface area (Å²) in [5.41, 5.74) is -0.278. The van der Waals surface area contributed by atoms with Crippen molar-refractivity contribution in [3.8, 4) is 12.1 Å². The summed E-state index contributed by atoms with van der Waals surface area (Å²) in [6.07, 6.45) is 0.472. The molecule has 0 fully saturated rings. The molecule has 0 unspecified atom stereocenters. The molecule has 0 aliphatic rings. The molecule has 0 spiro atoms. The van der Waals surface area contributed by atoms with Crippen molar-refractivity contribution in [2.24, 2.45) is 0 Å². The minimum Gasteiger partial charge on any atom is -0.513 e. The van der Waals surface area contributed by atoms with E-state index in [1.54, 1.807) is 0 Å². The number of aliphatic hydroxyl groups excluding tert-OH is 1. The molecule has 0 aromatic heterocycles. The number of rotatable bonds is 0.